The van der Waals surface area contributed by atoms with Crippen LogP contribution in [0.4, 0.5) is 0 Å². The molecular formula is C12H14BrN5OS. The maximum Gasteiger partial charge on any atom is 0.220 e. The van der Waals surface area contributed by atoms with Gasteiger partial charge in [-0.1, -0.05) is 27.7 Å². The van der Waals surface area contributed by atoms with Crippen molar-refractivity contribution in [2.75, 3.05) is 12.3 Å². The van der Waals surface area contributed by atoms with Crippen molar-refractivity contribution in [2.45, 2.75) is 18.5 Å². The molecular weight excluding hydrogens is 342 g/mol. The summed E-state index contributed by atoms with van der Waals surface area (Å²) >= 11 is 4.85. The van der Waals surface area contributed by atoms with Gasteiger partial charge in [0, 0.05) is 23.2 Å². The maximum atomic E-state index is 11.4. The van der Waals surface area contributed by atoms with E-state index in [1.807, 2.05) is 31.2 Å². The summed E-state index contributed by atoms with van der Waals surface area (Å²) in [4.78, 5) is 11.4. The Morgan fingerprint density at radius 1 is 1.40 bits per heavy atom. The third kappa shape index (κ3) is 4.04. The van der Waals surface area contributed by atoms with Crippen LogP contribution >= 0.6 is 27.7 Å². The quantitative estimate of drug-likeness (QED) is 0.802. The van der Waals surface area contributed by atoms with Crippen LogP contribution in [0.1, 0.15) is 13.3 Å². The normalized spacial score (nSPS) is 10.5. The van der Waals surface area contributed by atoms with Crippen molar-refractivity contribution >= 4 is 33.6 Å². The number of carbonyl (C=O) groups is 1. The fraction of sp³-hybridized carbons (Fsp3) is 0.333. The molecule has 2 aromatic rings. The molecule has 0 radical (unpaired) electrons. The first-order valence-electron chi connectivity index (χ1n) is 6.14. The monoisotopic (exact) mass is 355 g/mol. The van der Waals surface area contributed by atoms with E-state index < -0.39 is 0 Å². The van der Waals surface area contributed by atoms with E-state index in [1.165, 1.54) is 11.8 Å². The van der Waals surface area contributed by atoms with E-state index in [-0.39, 0.29) is 5.91 Å². The largest absolute Gasteiger partial charge is 0.356 e. The van der Waals surface area contributed by atoms with Gasteiger partial charge in [0.25, 0.3) is 0 Å². The lowest BCUT2D eigenvalue weighted by Crippen LogP contribution is -2.22. The van der Waals surface area contributed by atoms with E-state index in [0.717, 1.165) is 10.2 Å². The van der Waals surface area contributed by atoms with E-state index in [9.17, 15) is 4.79 Å². The molecule has 0 saturated carbocycles. The zero-order valence-corrected chi connectivity index (χ0v) is 13.3. The van der Waals surface area contributed by atoms with Crippen molar-refractivity contribution in [2.24, 2.45) is 0 Å². The first-order chi connectivity index (χ1) is 9.70. The minimum atomic E-state index is 0.0441. The zero-order chi connectivity index (χ0) is 14.4. The predicted octanol–water partition coefficient (Wildman–Crippen LogP) is 2.04. The average Bonchev–Trinajstić information content (AvgIpc) is 2.88. The van der Waals surface area contributed by atoms with Gasteiger partial charge in [0.1, 0.15) is 0 Å². The molecule has 1 aromatic carbocycles. The number of tetrazole rings is 1. The Kier molecular flexibility index (Phi) is 5.54. The molecule has 1 aromatic heterocycles. The van der Waals surface area contributed by atoms with Crippen LogP contribution in [0.15, 0.2) is 33.9 Å². The first-order valence-corrected chi connectivity index (χ1v) is 7.92. The van der Waals surface area contributed by atoms with Crippen LogP contribution in [0.2, 0.25) is 0 Å². The Hall–Kier alpha value is -1.41. The Morgan fingerprint density at radius 2 is 2.15 bits per heavy atom. The lowest BCUT2D eigenvalue weighted by atomic mass is 10.3. The third-order valence-corrected chi connectivity index (χ3v) is 3.90. The summed E-state index contributed by atoms with van der Waals surface area (Å²) in [6, 6.07) is 7.71. The Balaban J connectivity index is 1.98. The number of hydrogen-bond acceptors (Lipinski definition) is 5. The first kappa shape index (κ1) is 15.0. The molecule has 0 aliphatic heterocycles. The Morgan fingerprint density at radius 3 is 2.85 bits per heavy atom. The summed E-state index contributed by atoms with van der Waals surface area (Å²) in [7, 11) is 0. The molecule has 0 aliphatic rings. The van der Waals surface area contributed by atoms with Crippen LogP contribution in [0, 0.1) is 0 Å². The molecule has 2 rings (SSSR count). The van der Waals surface area contributed by atoms with Crippen molar-refractivity contribution in [1.29, 1.82) is 0 Å². The van der Waals surface area contributed by atoms with Crippen molar-refractivity contribution < 1.29 is 4.79 Å². The second-order valence-electron chi connectivity index (χ2n) is 3.90. The van der Waals surface area contributed by atoms with E-state index >= 15 is 0 Å². The lowest BCUT2D eigenvalue weighted by Gasteiger charge is -2.04. The molecule has 6 nitrogen and oxygen atoms in total. The highest BCUT2D eigenvalue weighted by Gasteiger charge is 2.09. The summed E-state index contributed by atoms with van der Waals surface area (Å²) in [6.07, 6.45) is 0.450. The molecule has 20 heavy (non-hydrogen) atoms. The molecule has 0 bridgehead atoms. The van der Waals surface area contributed by atoms with Crippen LogP contribution in [0.5, 0.6) is 0 Å². The second kappa shape index (κ2) is 7.39. The number of rotatable bonds is 6. The summed E-state index contributed by atoms with van der Waals surface area (Å²) in [5, 5.41) is 15.1. The molecule has 1 N–H and O–H groups in total. The van der Waals surface area contributed by atoms with Gasteiger partial charge < -0.3 is 5.32 Å². The summed E-state index contributed by atoms with van der Waals surface area (Å²) < 4.78 is 2.66. The molecule has 0 unspecified atom stereocenters. The van der Waals surface area contributed by atoms with E-state index in [4.69, 9.17) is 0 Å². The topological polar surface area (TPSA) is 72.7 Å². The smallest absolute Gasteiger partial charge is 0.220 e. The van der Waals surface area contributed by atoms with Gasteiger partial charge in [-0.15, -0.1) is 5.10 Å². The van der Waals surface area contributed by atoms with Gasteiger partial charge >= 0.3 is 0 Å². The number of amides is 1. The highest BCUT2D eigenvalue weighted by molar-refractivity contribution is 9.10. The Bertz CT molecular complexity index is 571. The predicted molar refractivity (Wildman–Crippen MR) is 80.9 cm³/mol. The van der Waals surface area contributed by atoms with Crippen LogP contribution in [-0.2, 0) is 4.79 Å². The highest BCUT2D eigenvalue weighted by Crippen LogP contribution is 2.20. The van der Waals surface area contributed by atoms with Crippen LogP contribution in [-0.4, -0.2) is 38.4 Å². The van der Waals surface area contributed by atoms with Crippen LogP contribution in [0.3, 0.4) is 0 Å². The standard InChI is InChI=1S/C12H14BrN5OS/c1-2-14-11(19)7-8-20-12-15-16-17-18(12)10-5-3-9(13)4-6-10/h3-6H,2,7-8H2,1H3,(H,14,19). The fourth-order valence-corrected chi connectivity index (χ4v) is 2.63. The minimum absolute atomic E-state index is 0.0441. The number of thioether (sulfide) groups is 1. The molecule has 0 fully saturated rings. The number of benzene rings is 1. The number of carbonyl (C=O) groups excluding carboxylic acids is 1. The molecule has 0 spiro atoms. The van der Waals surface area contributed by atoms with Gasteiger partial charge in [-0.05, 0) is 41.6 Å². The van der Waals surface area contributed by atoms with Gasteiger partial charge in [0.2, 0.25) is 11.1 Å². The van der Waals surface area contributed by atoms with Crippen molar-refractivity contribution in [3.05, 3.63) is 28.7 Å². The zero-order valence-electron chi connectivity index (χ0n) is 10.9. The summed E-state index contributed by atoms with van der Waals surface area (Å²) in [5.41, 5.74) is 0.888. The highest BCUT2D eigenvalue weighted by atomic mass is 79.9. The average molecular weight is 356 g/mol. The maximum absolute atomic E-state index is 11.4. The SMILES string of the molecule is CCNC(=O)CCSc1nnnn1-c1ccc(Br)cc1. The summed E-state index contributed by atoms with van der Waals surface area (Å²) in [5.74, 6) is 0.686. The van der Waals surface area contributed by atoms with Gasteiger partial charge in [0.15, 0.2) is 0 Å². The van der Waals surface area contributed by atoms with Crippen molar-refractivity contribution in [1.82, 2.24) is 25.5 Å². The molecule has 0 aliphatic carbocycles. The number of hydrogen-bond donors (Lipinski definition) is 1. The molecule has 8 heteroatoms. The van der Waals surface area contributed by atoms with Crippen molar-refractivity contribution in [3.8, 4) is 5.69 Å². The lowest BCUT2D eigenvalue weighted by molar-refractivity contribution is -0.120. The third-order valence-electron chi connectivity index (χ3n) is 2.45. The second-order valence-corrected chi connectivity index (χ2v) is 5.88. The molecule has 0 saturated heterocycles. The molecule has 106 valence electrons. The van der Waals surface area contributed by atoms with Crippen molar-refractivity contribution in [3.63, 3.8) is 0 Å². The van der Waals surface area contributed by atoms with Crippen LogP contribution in [0.25, 0.3) is 5.69 Å². The molecule has 1 amide bonds. The number of nitrogens with zero attached hydrogens (tertiary/aromatic N) is 4. The molecule has 0 atom stereocenters. The van der Waals surface area contributed by atoms with E-state index in [2.05, 4.69) is 36.8 Å². The van der Waals surface area contributed by atoms with Gasteiger partial charge in [0.05, 0.1) is 5.69 Å². The van der Waals surface area contributed by atoms with Gasteiger partial charge in [-0.25, -0.2) is 0 Å². The number of halogens is 1. The Labute approximate surface area is 129 Å². The van der Waals surface area contributed by atoms with E-state index in [1.54, 1.807) is 4.68 Å². The van der Waals surface area contributed by atoms with E-state index in [0.29, 0.717) is 23.9 Å². The number of nitrogens with one attached hydrogen (secondary N) is 1. The summed E-state index contributed by atoms with van der Waals surface area (Å²) in [6.45, 7) is 2.55. The minimum Gasteiger partial charge on any atom is -0.356 e. The van der Waals surface area contributed by atoms with Gasteiger partial charge in [-0.2, -0.15) is 4.68 Å². The number of aromatic nitrogens is 4. The molecule has 1 heterocycles. The van der Waals surface area contributed by atoms with Crippen LogP contribution < -0.4 is 5.32 Å². The fourth-order valence-electron chi connectivity index (χ4n) is 1.53. The van der Waals surface area contributed by atoms with Gasteiger partial charge in [-0.3, -0.25) is 4.79 Å².